The Balaban J connectivity index is 2.49. The molecule has 3 N–H and O–H groups in total. The van der Waals surface area contributed by atoms with Crippen molar-refractivity contribution >= 4 is 52.0 Å². The molecular formula is C17H14N4O4S2. The summed E-state index contributed by atoms with van der Waals surface area (Å²) >= 11 is 2.33. The lowest BCUT2D eigenvalue weighted by atomic mass is 9.88. The van der Waals surface area contributed by atoms with Gasteiger partial charge in [-0.05, 0) is 11.4 Å². The number of allylic oxidation sites excluding steroid dienone is 1. The molecule has 1 aliphatic rings. The van der Waals surface area contributed by atoms with Gasteiger partial charge in [-0.2, -0.15) is 5.26 Å². The van der Waals surface area contributed by atoms with Crippen LogP contribution in [0.3, 0.4) is 0 Å². The molecule has 3 rings (SSSR count). The van der Waals surface area contributed by atoms with E-state index in [9.17, 15) is 19.6 Å². The molecule has 27 heavy (non-hydrogen) atoms. The summed E-state index contributed by atoms with van der Waals surface area (Å²) in [5.74, 6) is -1.89. The SMILES string of the molecule is CNC(=O)C1=c2s/c(=C\C(=O)OC)c(=O)n2C(N)=C(C#N)[C@@H]1c1cccs1. The lowest BCUT2D eigenvalue weighted by molar-refractivity contribution is -0.133. The van der Waals surface area contributed by atoms with E-state index in [0.717, 1.165) is 26.9 Å². The van der Waals surface area contributed by atoms with Crippen LogP contribution in [-0.4, -0.2) is 30.6 Å². The van der Waals surface area contributed by atoms with E-state index >= 15 is 0 Å². The van der Waals surface area contributed by atoms with Crippen molar-refractivity contribution in [1.82, 2.24) is 9.88 Å². The number of methoxy groups -OCH3 is 1. The minimum Gasteiger partial charge on any atom is -0.466 e. The number of nitrogens with zero attached hydrogens (tertiary/aromatic N) is 2. The Bertz CT molecular complexity index is 1180. The Morgan fingerprint density at radius 2 is 2.22 bits per heavy atom. The Morgan fingerprint density at radius 1 is 1.48 bits per heavy atom. The molecule has 0 saturated carbocycles. The number of esters is 1. The normalized spacial score (nSPS) is 16.7. The van der Waals surface area contributed by atoms with Gasteiger partial charge in [-0.3, -0.25) is 14.2 Å². The van der Waals surface area contributed by atoms with Crippen LogP contribution < -0.4 is 25.8 Å². The lowest BCUT2D eigenvalue weighted by Crippen LogP contribution is -2.41. The van der Waals surface area contributed by atoms with Crippen LogP contribution in [0.1, 0.15) is 10.8 Å². The summed E-state index contributed by atoms with van der Waals surface area (Å²) in [4.78, 5) is 37.8. The number of fused-ring (bicyclic) bond motifs is 1. The highest BCUT2D eigenvalue weighted by Gasteiger charge is 2.35. The van der Waals surface area contributed by atoms with E-state index < -0.39 is 23.4 Å². The molecule has 1 aliphatic heterocycles. The maximum Gasteiger partial charge on any atom is 0.332 e. The molecule has 0 aliphatic carbocycles. The Morgan fingerprint density at radius 3 is 2.78 bits per heavy atom. The number of carbonyl (C=O) groups is 2. The molecule has 0 fully saturated rings. The zero-order valence-electron chi connectivity index (χ0n) is 14.3. The summed E-state index contributed by atoms with van der Waals surface area (Å²) in [5.41, 5.74) is 5.89. The van der Waals surface area contributed by atoms with Gasteiger partial charge >= 0.3 is 5.97 Å². The molecule has 0 aromatic carbocycles. The second-order valence-corrected chi connectivity index (χ2v) is 7.44. The average Bonchev–Trinajstić information content (AvgIpc) is 3.29. The number of ether oxygens (including phenoxy) is 1. The predicted octanol–water partition coefficient (Wildman–Crippen LogP) is -0.730. The fraction of sp³-hybridized carbons (Fsp3) is 0.176. The first-order valence-corrected chi connectivity index (χ1v) is 9.35. The van der Waals surface area contributed by atoms with Crippen LogP contribution in [-0.2, 0) is 14.3 Å². The average molecular weight is 402 g/mol. The second-order valence-electron chi connectivity index (χ2n) is 5.43. The quantitative estimate of drug-likeness (QED) is 0.652. The molecule has 0 spiro atoms. The van der Waals surface area contributed by atoms with Gasteiger partial charge in [0.25, 0.3) is 11.5 Å². The molecule has 138 valence electrons. The number of carbonyl (C=O) groups excluding carboxylic acids is 2. The third-order valence-electron chi connectivity index (χ3n) is 4.02. The molecule has 8 nitrogen and oxygen atoms in total. The predicted molar refractivity (Wildman–Crippen MR) is 102 cm³/mol. The number of amides is 1. The van der Waals surface area contributed by atoms with E-state index in [1.165, 1.54) is 25.5 Å². The van der Waals surface area contributed by atoms with Crippen LogP contribution in [0.4, 0.5) is 0 Å². The van der Waals surface area contributed by atoms with Gasteiger partial charge in [0.15, 0.2) is 0 Å². The number of nitrogens with two attached hydrogens (primary N) is 1. The van der Waals surface area contributed by atoms with Crippen LogP contribution in [0, 0.1) is 11.3 Å². The van der Waals surface area contributed by atoms with Gasteiger partial charge in [-0.15, -0.1) is 22.7 Å². The monoisotopic (exact) mass is 402 g/mol. The van der Waals surface area contributed by atoms with Crippen LogP contribution in [0.25, 0.3) is 17.5 Å². The van der Waals surface area contributed by atoms with Gasteiger partial charge in [0.05, 0.1) is 30.2 Å². The van der Waals surface area contributed by atoms with Gasteiger partial charge in [-0.25, -0.2) is 4.79 Å². The minimum absolute atomic E-state index is 0.0516. The van der Waals surface area contributed by atoms with Crippen LogP contribution in [0.2, 0.25) is 0 Å². The van der Waals surface area contributed by atoms with Gasteiger partial charge in [0.1, 0.15) is 15.0 Å². The van der Waals surface area contributed by atoms with Crippen molar-refractivity contribution in [2.75, 3.05) is 14.2 Å². The standard InChI is InChI=1S/C17H14N4O4S2/c1-20-15(23)13-12(9-4-3-5-26-9)8(7-18)14(19)21-16(24)10(27-17(13)21)6-11(22)25-2/h3-6,12H,19H2,1-2H3,(H,20,23)/b10-6-/t12-/m1/s1. The van der Waals surface area contributed by atoms with Crippen molar-refractivity contribution in [3.8, 4) is 6.07 Å². The zero-order chi connectivity index (χ0) is 19.7. The van der Waals surface area contributed by atoms with E-state index in [0.29, 0.717) is 0 Å². The number of hydrogen-bond donors (Lipinski definition) is 2. The zero-order valence-corrected chi connectivity index (χ0v) is 15.9. The van der Waals surface area contributed by atoms with Gasteiger partial charge in [0, 0.05) is 18.0 Å². The number of hydrogen-bond acceptors (Lipinski definition) is 8. The number of nitrogens with one attached hydrogen (secondary N) is 1. The van der Waals surface area contributed by atoms with Crippen molar-refractivity contribution < 1.29 is 14.3 Å². The Hall–Kier alpha value is -3.16. The number of rotatable bonds is 3. The van der Waals surface area contributed by atoms with Crippen molar-refractivity contribution in [1.29, 1.82) is 5.26 Å². The first kappa shape index (κ1) is 18.6. The third-order valence-corrected chi connectivity index (χ3v) is 6.06. The summed E-state index contributed by atoms with van der Waals surface area (Å²) in [6.45, 7) is 0. The summed E-state index contributed by atoms with van der Waals surface area (Å²) in [5, 5.41) is 14.1. The minimum atomic E-state index is -0.703. The molecular weight excluding hydrogens is 388 g/mol. The van der Waals surface area contributed by atoms with E-state index in [2.05, 4.69) is 10.1 Å². The second kappa shape index (κ2) is 7.22. The van der Waals surface area contributed by atoms with Crippen LogP contribution in [0.5, 0.6) is 0 Å². The molecule has 3 heterocycles. The number of thiazole rings is 1. The summed E-state index contributed by atoms with van der Waals surface area (Å²) in [6.07, 6.45) is 1.04. The maximum absolute atomic E-state index is 12.8. The van der Waals surface area contributed by atoms with Crippen molar-refractivity contribution in [2.24, 2.45) is 5.73 Å². The fourth-order valence-corrected chi connectivity index (χ4v) is 4.79. The van der Waals surface area contributed by atoms with Gasteiger partial charge in [0.2, 0.25) is 0 Å². The molecule has 0 radical (unpaired) electrons. The lowest BCUT2D eigenvalue weighted by Gasteiger charge is -2.23. The van der Waals surface area contributed by atoms with Crippen molar-refractivity contribution in [3.05, 3.63) is 47.5 Å². The van der Waals surface area contributed by atoms with Gasteiger partial charge in [-0.1, -0.05) is 6.07 Å². The smallest absolute Gasteiger partial charge is 0.332 e. The first-order valence-electron chi connectivity index (χ1n) is 7.65. The highest BCUT2D eigenvalue weighted by atomic mass is 32.1. The largest absolute Gasteiger partial charge is 0.466 e. The molecule has 10 heteroatoms. The van der Waals surface area contributed by atoms with E-state index in [1.54, 1.807) is 12.1 Å². The molecule has 0 saturated heterocycles. The Kier molecular flexibility index (Phi) is 4.98. The summed E-state index contributed by atoms with van der Waals surface area (Å²) < 4.78 is 6.02. The highest BCUT2D eigenvalue weighted by molar-refractivity contribution is 7.10. The third kappa shape index (κ3) is 2.97. The summed E-state index contributed by atoms with van der Waals surface area (Å²) in [6, 6.07) is 5.64. The van der Waals surface area contributed by atoms with Crippen molar-refractivity contribution in [3.63, 3.8) is 0 Å². The molecule has 2 aromatic heterocycles. The van der Waals surface area contributed by atoms with E-state index in [4.69, 9.17) is 5.73 Å². The topological polar surface area (TPSA) is 127 Å². The first-order chi connectivity index (χ1) is 12.9. The maximum atomic E-state index is 12.8. The number of thiophene rings is 1. The van der Waals surface area contributed by atoms with Crippen molar-refractivity contribution in [2.45, 2.75) is 5.92 Å². The molecule has 2 aromatic rings. The fourth-order valence-electron chi connectivity index (χ4n) is 2.81. The number of aromatic nitrogens is 1. The molecule has 1 atom stereocenters. The van der Waals surface area contributed by atoms with Crippen LogP contribution in [0.15, 0.2) is 27.9 Å². The van der Waals surface area contributed by atoms with Gasteiger partial charge < -0.3 is 15.8 Å². The molecule has 1 amide bonds. The highest BCUT2D eigenvalue weighted by Crippen LogP contribution is 2.38. The molecule has 0 bridgehead atoms. The summed E-state index contributed by atoms with van der Waals surface area (Å²) in [7, 11) is 2.66. The van der Waals surface area contributed by atoms with E-state index in [1.807, 2.05) is 11.4 Å². The number of nitriles is 1. The Labute approximate surface area is 161 Å². The molecule has 0 unspecified atom stereocenters. The van der Waals surface area contributed by atoms with Crippen LogP contribution >= 0.6 is 22.7 Å². The van der Waals surface area contributed by atoms with E-state index in [-0.39, 0.29) is 26.2 Å².